The fraction of sp³-hybridized carbons (Fsp3) is 0.409. The third-order valence-electron chi connectivity index (χ3n) is 6.06. The Bertz CT molecular complexity index is 889. The Balaban J connectivity index is 1.31. The van der Waals surface area contributed by atoms with E-state index in [1.807, 2.05) is 36.4 Å². The van der Waals surface area contributed by atoms with Gasteiger partial charge in [0, 0.05) is 31.9 Å². The average molecular weight is 395 g/mol. The van der Waals surface area contributed by atoms with Crippen molar-refractivity contribution < 1.29 is 19.4 Å². The van der Waals surface area contributed by atoms with E-state index in [1.165, 1.54) is 0 Å². The molecule has 2 aromatic rings. The molecule has 1 saturated carbocycles. The van der Waals surface area contributed by atoms with Crippen molar-refractivity contribution in [3.05, 3.63) is 59.8 Å². The van der Waals surface area contributed by atoms with Crippen LogP contribution in [0, 0.1) is 11.3 Å². The lowest BCUT2D eigenvalue weighted by Gasteiger charge is -2.23. The topological polar surface area (TPSA) is 91.8 Å². The molecule has 152 valence electrons. The lowest BCUT2D eigenvalue weighted by Crippen LogP contribution is -2.41. The summed E-state index contributed by atoms with van der Waals surface area (Å²) in [7, 11) is 0. The monoisotopic (exact) mass is 395 g/mol. The first-order valence-electron chi connectivity index (χ1n) is 9.95. The fourth-order valence-corrected chi connectivity index (χ4v) is 4.45. The Morgan fingerprint density at radius 2 is 2.07 bits per heavy atom. The molecular formula is C22H25N3O4. The zero-order valence-corrected chi connectivity index (χ0v) is 16.2. The second kappa shape index (κ2) is 8.11. The zero-order valence-electron chi connectivity index (χ0n) is 16.2. The third-order valence-corrected chi connectivity index (χ3v) is 6.06. The number of pyridine rings is 1. The molecule has 0 spiro atoms. The second-order valence-corrected chi connectivity index (χ2v) is 7.87. The molecule has 2 heterocycles. The van der Waals surface area contributed by atoms with E-state index in [0.717, 1.165) is 24.0 Å². The van der Waals surface area contributed by atoms with Gasteiger partial charge in [0.05, 0.1) is 5.41 Å². The summed E-state index contributed by atoms with van der Waals surface area (Å²) in [6.45, 7) is 1.57. The predicted molar refractivity (Wildman–Crippen MR) is 106 cm³/mol. The number of nitrogens with zero attached hydrogens (tertiary/aromatic N) is 2. The van der Waals surface area contributed by atoms with Crippen LogP contribution >= 0.6 is 0 Å². The van der Waals surface area contributed by atoms with Gasteiger partial charge in [-0.05, 0) is 36.0 Å². The van der Waals surface area contributed by atoms with Gasteiger partial charge in [-0.3, -0.25) is 4.79 Å². The highest BCUT2D eigenvalue weighted by Gasteiger charge is 2.55. The number of aromatic nitrogens is 1. The highest BCUT2D eigenvalue weighted by molar-refractivity contribution is 5.80. The van der Waals surface area contributed by atoms with E-state index < -0.39 is 11.4 Å². The first-order valence-corrected chi connectivity index (χ1v) is 9.95. The van der Waals surface area contributed by atoms with Crippen molar-refractivity contribution in [1.82, 2.24) is 15.2 Å². The van der Waals surface area contributed by atoms with Gasteiger partial charge >= 0.3 is 12.0 Å². The Labute approximate surface area is 169 Å². The minimum atomic E-state index is -0.773. The first kappa shape index (κ1) is 19.2. The van der Waals surface area contributed by atoms with Gasteiger partial charge in [-0.2, -0.15) is 0 Å². The third kappa shape index (κ3) is 4.04. The fourth-order valence-electron chi connectivity index (χ4n) is 4.45. The maximum absolute atomic E-state index is 12.6. The molecule has 1 saturated heterocycles. The van der Waals surface area contributed by atoms with Gasteiger partial charge in [0.25, 0.3) is 0 Å². The summed E-state index contributed by atoms with van der Waals surface area (Å²) >= 11 is 0. The maximum atomic E-state index is 12.6. The van der Waals surface area contributed by atoms with Crippen molar-refractivity contribution in [2.75, 3.05) is 13.1 Å². The molecule has 0 unspecified atom stereocenters. The lowest BCUT2D eigenvalue weighted by molar-refractivity contribution is -0.149. The summed E-state index contributed by atoms with van der Waals surface area (Å²) in [5.41, 5.74) is 1.18. The molecule has 2 atom stereocenters. The number of carboxylic acid groups (broad SMARTS) is 1. The maximum Gasteiger partial charge on any atom is 0.317 e. The number of ether oxygens (including phenoxy) is 1. The molecule has 29 heavy (non-hydrogen) atoms. The van der Waals surface area contributed by atoms with E-state index in [0.29, 0.717) is 38.5 Å². The van der Waals surface area contributed by atoms with Gasteiger partial charge in [-0.15, -0.1) is 0 Å². The quantitative estimate of drug-likeness (QED) is 0.784. The van der Waals surface area contributed by atoms with E-state index in [1.54, 1.807) is 17.2 Å². The number of benzene rings is 1. The van der Waals surface area contributed by atoms with Crippen LogP contribution in [0.15, 0.2) is 48.7 Å². The molecule has 1 aromatic heterocycles. The molecule has 4 rings (SSSR count). The summed E-state index contributed by atoms with van der Waals surface area (Å²) in [5, 5.41) is 12.6. The van der Waals surface area contributed by atoms with Crippen LogP contribution in [0.25, 0.3) is 0 Å². The number of urea groups is 1. The molecule has 2 N–H and O–H groups in total. The number of hydrogen-bond acceptors (Lipinski definition) is 4. The Hall–Kier alpha value is -3.09. The lowest BCUT2D eigenvalue weighted by atomic mass is 9.81. The van der Waals surface area contributed by atoms with Crippen LogP contribution in [0.5, 0.6) is 5.88 Å². The normalized spacial score (nSPS) is 22.9. The Morgan fingerprint density at radius 3 is 2.83 bits per heavy atom. The Kier molecular flexibility index (Phi) is 5.38. The van der Waals surface area contributed by atoms with Crippen molar-refractivity contribution >= 4 is 12.0 Å². The smallest absolute Gasteiger partial charge is 0.317 e. The van der Waals surface area contributed by atoms with Crippen molar-refractivity contribution in [1.29, 1.82) is 0 Å². The predicted octanol–water partition coefficient (Wildman–Crippen LogP) is 3.06. The van der Waals surface area contributed by atoms with Crippen LogP contribution in [0.4, 0.5) is 4.79 Å². The number of carboxylic acids is 1. The van der Waals surface area contributed by atoms with E-state index >= 15 is 0 Å². The number of rotatable bonds is 6. The molecule has 0 radical (unpaired) electrons. The summed E-state index contributed by atoms with van der Waals surface area (Å²) in [5.74, 6) is -0.213. The molecule has 1 aromatic carbocycles. The molecule has 7 heteroatoms. The minimum Gasteiger partial charge on any atom is -0.481 e. The molecule has 2 aliphatic rings. The van der Waals surface area contributed by atoms with Crippen molar-refractivity contribution in [2.24, 2.45) is 11.3 Å². The molecule has 2 amide bonds. The standard InChI is InChI=1S/C22H25N3O4/c26-20(27)22-9-4-7-18(22)13-25(15-22)21(28)24-12-17-8-10-23-19(11-17)29-14-16-5-2-1-3-6-16/h1-3,5-6,8,10-11,18H,4,7,9,12-15H2,(H,24,28)(H,26,27)/t18-,22+/m0/s1. The number of carbonyl (C=O) groups is 2. The molecular weight excluding hydrogens is 370 g/mol. The highest BCUT2D eigenvalue weighted by atomic mass is 16.5. The van der Waals surface area contributed by atoms with Crippen LogP contribution in [-0.4, -0.2) is 40.1 Å². The van der Waals surface area contributed by atoms with Crippen LogP contribution in [0.3, 0.4) is 0 Å². The van der Waals surface area contributed by atoms with Gasteiger partial charge in [-0.25, -0.2) is 9.78 Å². The number of likely N-dealkylation sites (tertiary alicyclic amines) is 1. The first-order chi connectivity index (χ1) is 14.1. The summed E-state index contributed by atoms with van der Waals surface area (Å²) in [4.78, 5) is 30.2. The van der Waals surface area contributed by atoms with E-state index in [2.05, 4.69) is 10.3 Å². The average Bonchev–Trinajstić information content (AvgIpc) is 3.30. The molecule has 1 aliphatic carbocycles. The van der Waals surface area contributed by atoms with Crippen molar-refractivity contribution in [3.63, 3.8) is 0 Å². The summed E-state index contributed by atoms with van der Waals surface area (Å²) in [6, 6.07) is 13.3. The van der Waals surface area contributed by atoms with Crippen LogP contribution in [0.1, 0.15) is 30.4 Å². The summed E-state index contributed by atoms with van der Waals surface area (Å²) in [6.07, 6.45) is 4.11. The largest absolute Gasteiger partial charge is 0.481 e. The van der Waals surface area contributed by atoms with Gasteiger partial charge in [-0.1, -0.05) is 36.8 Å². The zero-order chi connectivity index (χ0) is 20.3. The number of hydrogen-bond donors (Lipinski definition) is 2. The molecule has 1 aliphatic heterocycles. The molecule has 7 nitrogen and oxygen atoms in total. The highest BCUT2D eigenvalue weighted by Crippen LogP contribution is 2.48. The van der Waals surface area contributed by atoms with Gasteiger partial charge in [0.2, 0.25) is 5.88 Å². The number of nitrogens with one attached hydrogen (secondary N) is 1. The SMILES string of the molecule is O=C(NCc1ccnc(OCc2ccccc2)c1)N1C[C@@H]2CCC[C@@]2(C(=O)O)C1. The van der Waals surface area contributed by atoms with E-state index in [-0.39, 0.29) is 11.9 Å². The van der Waals surface area contributed by atoms with Crippen molar-refractivity contribution in [3.8, 4) is 5.88 Å². The van der Waals surface area contributed by atoms with E-state index in [4.69, 9.17) is 4.74 Å². The van der Waals surface area contributed by atoms with Gasteiger partial charge in [0.1, 0.15) is 6.61 Å². The summed E-state index contributed by atoms with van der Waals surface area (Å²) < 4.78 is 5.73. The van der Waals surface area contributed by atoms with Crippen LogP contribution < -0.4 is 10.1 Å². The number of aliphatic carboxylic acids is 1. The molecule has 0 bridgehead atoms. The number of fused-ring (bicyclic) bond motifs is 1. The second-order valence-electron chi connectivity index (χ2n) is 7.87. The van der Waals surface area contributed by atoms with Crippen molar-refractivity contribution in [2.45, 2.75) is 32.4 Å². The van der Waals surface area contributed by atoms with E-state index in [9.17, 15) is 14.7 Å². The Morgan fingerprint density at radius 1 is 1.24 bits per heavy atom. The number of amides is 2. The van der Waals surface area contributed by atoms with Gasteiger partial charge < -0.3 is 20.1 Å². The van der Waals surface area contributed by atoms with Crippen LogP contribution in [0.2, 0.25) is 0 Å². The van der Waals surface area contributed by atoms with Crippen LogP contribution in [-0.2, 0) is 17.9 Å². The minimum absolute atomic E-state index is 0.0599. The molecule has 2 fully saturated rings. The van der Waals surface area contributed by atoms with Gasteiger partial charge in [0.15, 0.2) is 0 Å². The number of carbonyl (C=O) groups excluding carboxylic acids is 1.